The third-order valence-corrected chi connectivity index (χ3v) is 6.10. The molecule has 1 unspecified atom stereocenters. The average Bonchev–Trinajstić information content (AvgIpc) is 2.82. The van der Waals surface area contributed by atoms with Crippen LogP contribution >= 0.6 is 0 Å². The van der Waals surface area contributed by atoms with Gasteiger partial charge in [0.25, 0.3) is 0 Å². The number of benzene rings is 3. The summed E-state index contributed by atoms with van der Waals surface area (Å²) in [4.78, 5) is 29.0. The monoisotopic (exact) mass is 456 g/mol. The van der Waals surface area contributed by atoms with Crippen LogP contribution in [0.15, 0.2) is 72.8 Å². The number of nitrogens with zero attached hydrogens (tertiary/aromatic N) is 1. The zero-order valence-electron chi connectivity index (χ0n) is 20.8. The predicted octanol–water partition coefficient (Wildman–Crippen LogP) is 5.32. The fraction of sp³-hybridized carbons (Fsp3) is 0.333. The molecule has 0 aromatic heterocycles. The van der Waals surface area contributed by atoms with Crippen molar-refractivity contribution in [1.82, 2.24) is 10.2 Å². The highest BCUT2D eigenvalue weighted by atomic mass is 16.2. The molecule has 178 valence electrons. The summed E-state index contributed by atoms with van der Waals surface area (Å²) >= 11 is 0. The fourth-order valence-electron chi connectivity index (χ4n) is 4.18. The van der Waals surface area contributed by atoms with Gasteiger partial charge in [-0.05, 0) is 49.4 Å². The van der Waals surface area contributed by atoms with Crippen LogP contribution in [0.3, 0.4) is 0 Å². The average molecular weight is 457 g/mol. The summed E-state index contributed by atoms with van der Waals surface area (Å²) in [5.41, 5.74) is 6.41. The molecule has 0 saturated heterocycles. The van der Waals surface area contributed by atoms with Crippen molar-refractivity contribution >= 4 is 11.8 Å². The maximum Gasteiger partial charge on any atom is 0.243 e. The molecular weight excluding hydrogens is 420 g/mol. The van der Waals surface area contributed by atoms with Crippen molar-refractivity contribution in [2.24, 2.45) is 0 Å². The Morgan fingerprint density at radius 2 is 1.56 bits per heavy atom. The summed E-state index contributed by atoms with van der Waals surface area (Å²) in [6.45, 7) is 9.12. The van der Waals surface area contributed by atoms with Crippen LogP contribution < -0.4 is 5.32 Å². The normalized spacial score (nSPS) is 11.6. The molecule has 0 fully saturated rings. The quantitative estimate of drug-likeness (QED) is 0.449. The van der Waals surface area contributed by atoms with Crippen LogP contribution in [0.5, 0.6) is 0 Å². The third-order valence-electron chi connectivity index (χ3n) is 6.10. The minimum Gasteiger partial charge on any atom is -0.354 e. The number of hydrogen-bond acceptors (Lipinski definition) is 2. The molecule has 0 spiro atoms. The number of carbonyl (C=O) groups excluding carboxylic acids is 2. The van der Waals surface area contributed by atoms with E-state index >= 15 is 0 Å². The molecule has 2 amide bonds. The molecule has 0 radical (unpaired) electrons. The topological polar surface area (TPSA) is 49.4 Å². The Balaban J connectivity index is 1.98. The molecule has 4 nitrogen and oxygen atoms in total. The number of rotatable bonds is 10. The molecule has 0 aliphatic rings. The first-order valence-corrected chi connectivity index (χ1v) is 12.1. The zero-order chi connectivity index (χ0) is 24.5. The van der Waals surface area contributed by atoms with E-state index in [-0.39, 0.29) is 18.2 Å². The lowest BCUT2D eigenvalue weighted by molar-refractivity contribution is -0.140. The van der Waals surface area contributed by atoms with Crippen LogP contribution in [0.4, 0.5) is 0 Å². The Kier molecular flexibility index (Phi) is 9.03. The van der Waals surface area contributed by atoms with Crippen molar-refractivity contribution in [3.8, 4) is 0 Å². The second-order valence-electron chi connectivity index (χ2n) is 9.11. The highest BCUT2D eigenvalue weighted by Crippen LogP contribution is 2.19. The summed E-state index contributed by atoms with van der Waals surface area (Å²) in [6, 6.07) is 23.7. The molecule has 1 atom stereocenters. The van der Waals surface area contributed by atoms with E-state index in [4.69, 9.17) is 0 Å². The second-order valence-corrected chi connectivity index (χ2v) is 9.11. The number of nitrogens with one attached hydrogen (secondary N) is 1. The lowest BCUT2D eigenvalue weighted by Gasteiger charge is -2.32. The van der Waals surface area contributed by atoms with Crippen LogP contribution in [0.25, 0.3) is 0 Å². The van der Waals surface area contributed by atoms with E-state index in [1.165, 1.54) is 0 Å². The SMILES string of the molecule is CCCNC(=O)C(Cc1ccccc1)N(Cc1cccc(C)c1)C(=O)Cc1cc(C)ccc1C. The van der Waals surface area contributed by atoms with E-state index in [0.717, 1.165) is 39.8 Å². The summed E-state index contributed by atoms with van der Waals surface area (Å²) in [7, 11) is 0. The summed E-state index contributed by atoms with van der Waals surface area (Å²) < 4.78 is 0. The number of hydrogen-bond donors (Lipinski definition) is 1. The van der Waals surface area contributed by atoms with Gasteiger partial charge in [-0.25, -0.2) is 0 Å². The van der Waals surface area contributed by atoms with Gasteiger partial charge < -0.3 is 10.2 Å². The molecule has 0 saturated carbocycles. The number of aryl methyl sites for hydroxylation is 3. The first-order valence-electron chi connectivity index (χ1n) is 12.1. The highest BCUT2D eigenvalue weighted by Gasteiger charge is 2.30. The van der Waals surface area contributed by atoms with Crippen LogP contribution in [0.1, 0.15) is 46.7 Å². The number of amides is 2. The van der Waals surface area contributed by atoms with Crippen molar-refractivity contribution in [3.05, 3.63) is 106 Å². The Bertz CT molecular complexity index is 1110. The van der Waals surface area contributed by atoms with E-state index in [9.17, 15) is 9.59 Å². The lowest BCUT2D eigenvalue weighted by atomic mass is 9.99. The van der Waals surface area contributed by atoms with E-state index in [2.05, 4.69) is 29.6 Å². The van der Waals surface area contributed by atoms with Gasteiger partial charge in [-0.2, -0.15) is 0 Å². The molecule has 0 aliphatic carbocycles. The molecule has 0 bridgehead atoms. The van der Waals surface area contributed by atoms with Gasteiger partial charge in [-0.3, -0.25) is 9.59 Å². The van der Waals surface area contributed by atoms with Crippen LogP contribution in [0.2, 0.25) is 0 Å². The minimum atomic E-state index is -0.591. The molecule has 3 aromatic carbocycles. The Hall–Kier alpha value is -3.40. The molecule has 4 heteroatoms. The second kappa shape index (κ2) is 12.2. The molecule has 0 heterocycles. The van der Waals surface area contributed by atoms with Crippen LogP contribution in [0, 0.1) is 20.8 Å². The Morgan fingerprint density at radius 1 is 0.853 bits per heavy atom. The van der Waals surface area contributed by atoms with E-state index < -0.39 is 6.04 Å². The molecule has 3 rings (SSSR count). The standard InChI is InChI=1S/C30H36N2O2/c1-5-16-31-30(34)28(19-25-11-7-6-8-12-25)32(21-26-13-9-10-22(2)17-26)29(33)20-27-18-23(3)14-15-24(27)4/h6-15,17-18,28H,5,16,19-21H2,1-4H3,(H,31,34). The van der Waals surface area contributed by atoms with Gasteiger partial charge in [0.1, 0.15) is 6.04 Å². The van der Waals surface area contributed by atoms with Gasteiger partial charge in [0.2, 0.25) is 11.8 Å². The predicted molar refractivity (Wildman–Crippen MR) is 139 cm³/mol. The van der Waals surface area contributed by atoms with E-state index in [0.29, 0.717) is 19.5 Å². The lowest BCUT2D eigenvalue weighted by Crippen LogP contribution is -2.51. The molecule has 34 heavy (non-hydrogen) atoms. The Labute approximate surface area is 204 Å². The summed E-state index contributed by atoms with van der Waals surface area (Å²) in [5.74, 6) is -0.143. The maximum absolute atomic E-state index is 13.8. The zero-order valence-corrected chi connectivity index (χ0v) is 20.8. The van der Waals surface area contributed by atoms with Crippen LogP contribution in [-0.4, -0.2) is 29.3 Å². The van der Waals surface area contributed by atoms with E-state index in [1.54, 1.807) is 4.90 Å². The van der Waals surface area contributed by atoms with Gasteiger partial charge in [0.15, 0.2) is 0 Å². The van der Waals surface area contributed by atoms with Gasteiger partial charge in [-0.1, -0.05) is 90.8 Å². The van der Waals surface area contributed by atoms with Crippen molar-refractivity contribution in [1.29, 1.82) is 0 Å². The highest BCUT2D eigenvalue weighted by molar-refractivity contribution is 5.89. The molecule has 1 N–H and O–H groups in total. The van der Waals surface area contributed by atoms with Crippen molar-refractivity contribution < 1.29 is 9.59 Å². The Morgan fingerprint density at radius 3 is 2.26 bits per heavy atom. The van der Waals surface area contributed by atoms with Crippen LogP contribution in [-0.2, 0) is 29.0 Å². The van der Waals surface area contributed by atoms with Crippen molar-refractivity contribution in [3.63, 3.8) is 0 Å². The molecule has 3 aromatic rings. The van der Waals surface area contributed by atoms with Crippen molar-refractivity contribution in [2.75, 3.05) is 6.54 Å². The molecule has 0 aliphatic heterocycles. The molecular formula is C30H36N2O2. The first-order chi connectivity index (χ1) is 16.4. The third kappa shape index (κ3) is 7.05. The fourth-order valence-corrected chi connectivity index (χ4v) is 4.18. The van der Waals surface area contributed by atoms with Gasteiger partial charge in [0, 0.05) is 19.5 Å². The largest absolute Gasteiger partial charge is 0.354 e. The number of carbonyl (C=O) groups is 2. The maximum atomic E-state index is 13.8. The van der Waals surface area contributed by atoms with Crippen molar-refractivity contribution in [2.45, 2.75) is 59.5 Å². The summed E-state index contributed by atoms with van der Waals surface area (Å²) in [5, 5.41) is 3.04. The van der Waals surface area contributed by atoms with Gasteiger partial charge >= 0.3 is 0 Å². The van der Waals surface area contributed by atoms with E-state index in [1.807, 2.05) is 76.2 Å². The minimum absolute atomic E-state index is 0.0391. The van der Waals surface area contributed by atoms with Gasteiger partial charge in [-0.15, -0.1) is 0 Å². The van der Waals surface area contributed by atoms with Gasteiger partial charge in [0.05, 0.1) is 6.42 Å². The first kappa shape index (κ1) is 25.2. The summed E-state index contributed by atoms with van der Waals surface area (Å²) in [6.07, 6.45) is 1.59. The smallest absolute Gasteiger partial charge is 0.243 e.